The van der Waals surface area contributed by atoms with E-state index in [4.69, 9.17) is 23.5 Å². The number of hydrogen-bond donors (Lipinski definition) is 0. The van der Waals surface area contributed by atoms with Crippen molar-refractivity contribution in [3.63, 3.8) is 0 Å². The van der Waals surface area contributed by atoms with Crippen LogP contribution >= 0.6 is 0 Å². The Kier molecular flexibility index (Phi) is 9.38. The first-order chi connectivity index (χ1) is 22.7. The minimum atomic E-state index is -0.665. The molecule has 6 fully saturated rings. The normalized spacial score (nSPS) is 29.2. The van der Waals surface area contributed by atoms with Gasteiger partial charge in [0.15, 0.2) is 0 Å². The molecular formula is C38H57BN2O8. The van der Waals surface area contributed by atoms with Crippen molar-refractivity contribution >= 4 is 25.1 Å². The SMILES string of the molecule is Cc1c(CCB2O[C@@H]3C[C@@H]4C[C@@H](C4(C)C)[C@]3(C)O2)ccc(OC2CN(C(=O)C[C@H]3CCN(C(=O)OC(C)(C)C)C3)C2)c1C(=O)OC(C)(C)C. The standard InChI is InChI=1S/C38H57BN2O8/c1-23-25(13-15-39-48-30-19-26-18-29(37(26,8)9)38(30,10)49-39)11-12-28(32(23)33(43)46-35(2,3)4)45-27-21-41(22-27)31(42)17-24-14-16-40(20-24)34(44)47-36(5,6)7/h11-12,24,26-27,29-30H,13-22H2,1-10H3/t24-,26+,29+,30-,38+/m1/s1. The second-order valence-electron chi connectivity index (χ2n) is 18.0. The molecule has 3 heterocycles. The summed E-state index contributed by atoms with van der Waals surface area (Å²) in [5.41, 5.74) is 1.14. The molecule has 10 nitrogen and oxygen atoms in total. The number of rotatable bonds is 8. The van der Waals surface area contributed by atoms with Crippen molar-refractivity contribution in [1.29, 1.82) is 0 Å². The van der Waals surface area contributed by atoms with Crippen LogP contribution in [-0.2, 0) is 30.0 Å². The molecule has 1 aromatic rings. The lowest BCUT2D eigenvalue weighted by Crippen LogP contribution is -2.65. The second-order valence-corrected chi connectivity index (χ2v) is 18.0. The molecule has 0 radical (unpaired) electrons. The lowest BCUT2D eigenvalue weighted by molar-refractivity contribution is -0.199. The molecule has 3 aliphatic heterocycles. The molecule has 5 atom stereocenters. The monoisotopic (exact) mass is 680 g/mol. The van der Waals surface area contributed by atoms with Gasteiger partial charge in [-0.1, -0.05) is 19.9 Å². The van der Waals surface area contributed by atoms with Crippen LogP contribution in [0.5, 0.6) is 5.75 Å². The quantitative estimate of drug-likeness (QED) is 0.228. The van der Waals surface area contributed by atoms with E-state index < -0.39 is 17.2 Å². The minimum Gasteiger partial charge on any atom is -0.486 e. The van der Waals surface area contributed by atoms with E-state index in [9.17, 15) is 14.4 Å². The molecule has 0 spiro atoms. The van der Waals surface area contributed by atoms with E-state index in [1.165, 1.54) is 6.42 Å². The van der Waals surface area contributed by atoms with Gasteiger partial charge in [-0.15, -0.1) is 0 Å². The van der Waals surface area contributed by atoms with Crippen LogP contribution < -0.4 is 4.74 Å². The largest absolute Gasteiger partial charge is 0.486 e. The van der Waals surface area contributed by atoms with Gasteiger partial charge in [-0.2, -0.15) is 0 Å². The fourth-order valence-electron chi connectivity index (χ4n) is 8.79. The van der Waals surface area contributed by atoms with Gasteiger partial charge in [-0.25, -0.2) is 9.59 Å². The average Bonchev–Trinajstić information content (AvgIpc) is 3.55. The molecule has 1 aromatic carbocycles. The summed E-state index contributed by atoms with van der Waals surface area (Å²) in [7, 11) is -0.270. The van der Waals surface area contributed by atoms with Crippen molar-refractivity contribution in [2.75, 3.05) is 26.2 Å². The zero-order chi connectivity index (χ0) is 35.7. The number of aryl methyl sites for hydroxylation is 1. The van der Waals surface area contributed by atoms with Crippen molar-refractivity contribution < 1.29 is 37.9 Å². The van der Waals surface area contributed by atoms with Crippen LogP contribution in [0.4, 0.5) is 4.79 Å². The highest BCUT2D eigenvalue weighted by Crippen LogP contribution is 2.65. The van der Waals surface area contributed by atoms with Gasteiger partial charge in [0.05, 0.1) is 24.8 Å². The zero-order valence-electron chi connectivity index (χ0n) is 31.4. The fraction of sp³-hybridized carbons (Fsp3) is 0.763. The van der Waals surface area contributed by atoms with Gasteiger partial charge in [0.2, 0.25) is 5.91 Å². The summed E-state index contributed by atoms with van der Waals surface area (Å²) >= 11 is 0. The van der Waals surface area contributed by atoms with Gasteiger partial charge < -0.3 is 33.3 Å². The van der Waals surface area contributed by atoms with E-state index in [0.717, 1.165) is 24.0 Å². The highest BCUT2D eigenvalue weighted by molar-refractivity contribution is 6.45. The molecule has 2 amide bonds. The number of nitrogens with zero attached hydrogens (tertiary/aromatic N) is 2. The molecule has 6 aliphatic rings. The Bertz CT molecular complexity index is 1460. The Morgan fingerprint density at radius 3 is 2.31 bits per heavy atom. The van der Waals surface area contributed by atoms with Crippen LogP contribution in [0.2, 0.25) is 6.32 Å². The first kappa shape index (κ1) is 36.0. The zero-order valence-corrected chi connectivity index (χ0v) is 31.4. The van der Waals surface area contributed by atoms with Gasteiger partial charge >= 0.3 is 19.2 Å². The van der Waals surface area contributed by atoms with E-state index in [2.05, 4.69) is 20.8 Å². The summed E-state index contributed by atoms with van der Waals surface area (Å²) in [6.45, 7) is 22.1. The third-order valence-corrected chi connectivity index (χ3v) is 11.7. The van der Waals surface area contributed by atoms with Gasteiger partial charge in [-0.05, 0) is 128 Å². The number of hydrogen-bond acceptors (Lipinski definition) is 8. The Hall–Kier alpha value is -2.79. The summed E-state index contributed by atoms with van der Waals surface area (Å²) in [4.78, 5) is 42.6. The van der Waals surface area contributed by atoms with Crippen LogP contribution in [0, 0.1) is 30.1 Å². The topological polar surface area (TPSA) is 104 Å². The lowest BCUT2D eigenvalue weighted by atomic mass is 9.43. The van der Waals surface area contributed by atoms with E-state index in [1.807, 2.05) is 60.6 Å². The van der Waals surface area contributed by atoms with Crippen molar-refractivity contribution in [3.05, 3.63) is 28.8 Å². The number of esters is 1. The molecule has 3 saturated heterocycles. The number of ether oxygens (including phenoxy) is 3. The Morgan fingerprint density at radius 2 is 1.65 bits per heavy atom. The molecule has 0 N–H and O–H groups in total. The van der Waals surface area contributed by atoms with Gasteiger partial charge in [0.1, 0.15) is 28.6 Å². The van der Waals surface area contributed by atoms with E-state index in [1.54, 1.807) is 9.80 Å². The van der Waals surface area contributed by atoms with Crippen molar-refractivity contribution in [1.82, 2.24) is 9.80 Å². The Balaban J connectivity index is 1.05. The summed E-state index contributed by atoms with van der Waals surface area (Å²) in [5.74, 6) is 1.44. The maximum Gasteiger partial charge on any atom is 0.457 e. The smallest absolute Gasteiger partial charge is 0.457 e. The second kappa shape index (κ2) is 12.8. The van der Waals surface area contributed by atoms with Crippen LogP contribution in [0.1, 0.15) is 109 Å². The molecule has 2 bridgehead atoms. The highest BCUT2D eigenvalue weighted by Gasteiger charge is 2.67. The maximum atomic E-state index is 13.6. The molecule has 0 aromatic heterocycles. The van der Waals surface area contributed by atoms with Gasteiger partial charge in [0.25, 0.3) is 0 Å². The number of amides is 2. The highest BCUT2D eigenvalue weighted by atomic mass is 16.7. The van der Waals surface area contributed by atoms with Crippen molar-refractivity contribution in [2.45, 2.75) is 137 Å². The average molecular weight is 681 g/mol. The third-order valence-electron chi connectivity index (χ3n) is 11.7. The van der Waals surface area contributed by atoms with Crippen molar-refractivity contribution in [2.24, 2.45) is 23.2 Å². The third kappa shape index (κ3) is 7.35. The predicted molar refractivity (Wildman–Crippen MR) is 186 cm³/mol. The van der Waals surface area contributed by atoms with Crippen LogP contribution in [0.15, 0.2) is 12.1 Å². The molecule has 3 aliphatic carbocycles. The van der Waals surface area contributed by atoms with E-state index >= 15 is 0 Å². The molecule has 0 unspecified atom stereocenters. The maximum absolute atomic E-state index is 13.6. The van der Waals surface area contributed by atoms with E-state index in [0.29, 0.717) is 73.9 Å². The fourth-order valence-corrected chi connectivity index (χ4v) is 8.79. The minimum absolute atomic E-state index is 0.0561. The molecule has 3 saturated carbocycles. The molecule has 49 heavy (non-hydrogen) atoms. The van der Waals surface area contributed by atoms with Crippen LogP contribution in [-0.4, -0.2) is 90.1 Å². The molecule has 270 valence electrons. The summed E-state index contributed by atoms with van der Waals surface area (Å²) < 4.78 is 30.8. The summed E-state index contributed by atoms with van der Waals surface area (Å²) in [6, 6.07) is 3.89. The first-order valence-electron chi connectivity index (χ1n) is 18.3. The number of carbonyl (C=O) groups excluding carboxylic acids is 3. The van der Waals surface area contributed by atoms with Gasteiger partial charge in [0, 0.05) is 19.5 Å². The summed E-state index contributed by atoms with van der Waals surface area (Å²) in [6.07, 6.45) is 4.44. The first-order valence-corrected chi connectivity index (χ1v) is 18.3. The molecule has 11 heteroatoms. The van der Waals surface area contributed by atoms with Gasteiger partial charge in [-0.3, -0.25) is 4.79 Å². The van der Waals surface area contributed by atoms with Crippen LogP contribution in [0.25, 0.3) is 0 Å². The number of benzene rings is 1. The summed E-state index contributed by atoms with van der Waals surface area (Å²) in [5, 5.41) is 0. The van der Waals surface area contributed by atoms with Crippen molar-refractivity contribution in [3.8, 4) is 5.75 Å². The van der Waals surface area contributed by atoms with Crippen LogP contribution in [0.3, 0.4) is 0 Å². The van der Waals surface area contributed by atoms with E-state index in [-0.39, 0.29) is 42.8 Å². The predicted octanol–water partition coefficient (Wildman–Crippen LogP) is 6.46. The number of carbonyl (C=O) groups is 3. The Labute approximate surface area is 293 Å². The lowest BCUT2D eigenvalue weighted by Gasteiger charge is -2.64. The molecule has 7 rings (SSSR count). The molecular weight excluding hydrogens is 623 g/mol. The Morgan fingerprint density at radius 1 is 0.959 bits per heavy atom. The number of likely N-dealkylation sites (tertiary alicyclic amines) is 2.